The molecule has 0 unspecified atom stereocenters. The number of nitrogens with one attached hydrogen (secondary N) is 2. The van der Waals surface area contributed by atoms with Gasteiger partial charge in [0.2, 0.25) is 0 Å². The summed E-state index contributed by atoms with van der Waals surface area (Å²) in [6.45, 7) is 4.00. The Kier molecular flexibility index (Phi) is 8.72. The van der Waals surface area contributed by atoms with Crippen LogP contribution < -0.4 is 11.1 Å². The molecule has 0 saturated heterocycles. The van der Waals surface area contributed by atoms with Gasteiger partial charge in [-0.2, -0.15) is 0 Å². The molecule has 4 N–H and O–H groups in total. The van der Waals surface area contributed by atoms with Crippen LogP contribution in [-0.4, -0.2) is 10.6 Å². The minimum atomic E-state index is -0.851. The Labute approximate surface area is 234 Å². The second-order valence-corrected chi connectivity index (χ2v) is 8.96. The lowest BCUT2D eigenvalue weighted by Gasteiger charge is -2.38. The highest BCUT2D eigenvalue weighted by Gasteiger charge is 2.37. The van der Waals surface area contributed by atoms with Crippen LogP contribution in [0.1, 0.15) is 41.7 Å². The van der Waals surface area contributed by atoms with Crippen LogP contribution in [0.2, 0.25) is 0 Å². The maximum atomic E-state index is 11.7. The van der Waals surface area contributed by atoms with E-state index in [9.17, 15) is 10.1 Å². The van der Waals surface area contributed by atoms with Crippen molar-refractivity contribution in [1.29, 1.82) is 5.41 Å². The molecule has 6 nitrogen and oxygen atoms in total. The van der Waals surface area contributed by atoms with Crippen LogP contribution in [-0.2, 0) is 5.54 Å². The largest absolute Gasteiger partial charge is 0.399 e. The molecule has 0 aliphatic rings. The molecule has 0 bridgehead atoms. The van der Waals surface area contributed by atoms with Gasteiger partial charge in [0.15, 0.2) is 0 Å². The van der Waals surface area contributed by atoms with Crippen molar-refractivity contribution < 1.29 is 4.92 Å². The van der Waals surface area contributed by atoms with E-state index >= 15 is 0 Å². The number of nitro benzene ring substituents is 1. The molecule has 0 atom stereocenters. The lowest BCUT2D eigenvalue weighted by atomic mass is 9.76. The van der Waals surface area contributed by atoms with Crippen molar-refractivity contribution in [3.05, 3.63) is 171 Å². The zero-order valence-electron chi connectivity index (χ0n) is 22.5. The van der Waals surface area contributed by atoms with Crippen LogP contribution in [0.25, 0.3) is 0 Å². The fourth-order valence-corrected chi connectivity index (χ4v) is 4.75. The van der Waals surface area contributed by atoms with Gasteiger partial charge in [-0.15, -0.1) is 0 Å². The van der Waals surface area contributed by atoms with E-state index in [1.54, 1.807) is 30.3 Å². The molecule has 0 amide bonds. The number of nitrogens with zero attached hydrogens (tertiary/aromatic N) is 1. The number of non-ortho nitro benzene ring substituents is 1. The number of nitrogens with two attached hydrogens (primary N) is 1. The average molecular weight is 529 g/mol. The molecule has 200 valence electrons. The third kappa shape index (κ3) is 5.61. The maximum Gasteiger partial charge on any atom is 0.270 e. The van der Waals surface area contributed by atoms with Gasteiger partial charge < -0.3 is 11.1 Å². The second kappa shape index (κ2) is 12.5. The molecule has 5 aromatic carbocycles. The van der Waals surface area contributed by atoms with Gasteiger partial charge in [0.1, 0.15) is 5.54 Å². The van der Waals surface area contributed by atoms with Crippen LogP contribution in [0.3, 0.4) is 0 Å². The van der Waals surface area contributed by atoms with Gasteiger partial charge in [-0.1, -0.05) is 117 Å². The molecule has 0 aliphatic carbocycles. The zero-order chi connectivity index (χ0) is 28.5. The molecule has 40 heavy (non-hydrogen) atoms. The third-order valence-corrected chi connectivity index (χ3v) is 6.63. The molecule has 5 aromatic rings. The summed E-state index contributed by atoms with van der Waals surface area (Å²) in [7, 11) is 0. The topological polar surface area (TPSA) is 105 Å². The van der Waals surface area contributed by atoms with Crippen LogP contribution in [0.15, 0.2) is 133 Å². The summed E-state index contributed by atoms with van der Waals surface area (Å²) < 4.78 is 0. The maximum absolute atomic E-state index is 11.7. The van der Waals surface area contributed by atoms with Crippen molar-refractivity contribution in [2.75, 3.05) is 11.1 Å². The number of hydrogen-bond acceptors (Lipinski definition) is 5. The molecule has 0 heterocycles. The summed E-state index contributed by atoms with van der Waals surface area (Å²) in [5.74, 6) is 0. The first-order chi connectivity index (χ1) is 19.5. The normalized spacial score (nSPS) is 10.7. The Morgan fingerprint density at radius 3 is 1.60 bits per heavy atom. The Morgan fingerprint density at radius 1 is 0.725 bits per heavy atom. The summed E-state index contributed by atoms with van der Waals surface area (Å²) in [5.41, 5.74) is 10.2. The van der Waals surface area contributed by atoms with Crippen LogP contribution >= 0.6 is 0 Å². The third-order valence-electron chi connectivity index (χ3n) is 6.63. The van der Waals surface area contributed by atoms with Crippen LogP contribution in [0.5, 0.6) is 0 Å². The van der Waals surface area contributed by atoms with Gasteiger partial charge >= 0.3 is 0 Å². The van der Waals surface area contributed by atoms with Gasteiger partial charge in [-0.3, -0.25) is 15.5 Å². The lowest BCUT2D eigenvalue weighted by Crippen LogP contribution is -2.38. The summed E-state index contributed by atoms with van der Waals surface area (Å²) in [6.07, 6.45) is 0. The molecule has 0 aromatic heterocycles. The predicted molar refractivity (Wildman–Crippen MR) is 164 cm³/mol. The Balaban J connectivity index is 0.00000181. The molecule has 0 radical (unpaired) electrons. The quantitative estimate of drug-likeness (QED) is 0.0623. The van der Waals surface area contributed by atoms with E-state index in [1.165, 1.54) is 12.1 Å². The average Bonchev–Trinajstić information content (AvgIpc) is 3.02. The first-order valence-electron chi connectivity index (χ1n) is 13.2. The molecule has 6 heteroatoms. The van der Waals surface area contributed by atoms with Gasteiger partial charge in [-0.25, -0.2) is 0 Å². The molecule has 0 fully saturated rings. The Hall–Kier alpha value is -5.23. The minimum Gasteiger partial charge on any atom is -0.399 e. The molecule has 0 aliphatic heterocycles. The highest BCUT2D eigenvalue weighted by molar-refractivity contribution is 6.14. The second-order valence-electron chi connectivity index (χ2n) is 8.96. The van der Waals surface area contributed by atoms with Crippen molar-refractivity contribution in [3.8, 4) is 0 Å². The van der Waals surface area contributed by atoms with Gasteiger partial charge in [0, 0.05) is 34.6 Å². The van der Waals surface area contributed by atoms with E-state index in [0.29, 0.717) is 22.5 Å². The fourth-order valence-electron chi connectivity index (χ4n) is 4.75. The number of benzene rings is 5. The number of hydrogen-bond donors (Lipinski definition) is 3. The highest BCUT2D eigenvalue weighted by atomic mass is 16.6. The van der Waals surface area contributed by atoms with Crippen molar-refractivity contribution in [1.82, 2.24) is 0 Å². The minimum absolute atomic E-state index is 0.0875. The smallest absolute Gasteiger partial charge is 0.270 e. The van der Waals surface area contributed by atoms with E-state index in [2.05, 4.69) is 41.7 Å². The van der Waals surface area contributed by atoms with E-state index in [4.69, 9.17) is 11.1 Å². The predicted octanol–water partition coefficient (Wildman–Crippen LogP) is 8.02. The number of rotatable bonds is 8. The monoisotopic (exact) mass is 528 g/mol. The zero-order valence-corrected chi connectivity index (χ0v) is 22.5. The van der Waals surface area contributed by atoms with Crippen LogP contribution in [0.4, 0.5) is 17.1 Å². The summed E-state index contributed by atoms with van der Waals surface area (Å²) in [6, 6.07) is 41.7. The van der Waals surface area contributed by atoms with E-state index in [1.807, 2.05) is 68.4 Å². The summed E-state index contributed by atoms with van der Waals surface area (Å²) >= 11 is 0. The summed E-state index contributed by atoms with van der Waals surface area (Å²) in [5, 5.41) is 24.5. The van der Waals surface area contributed by atoms with Crippen molar-refractivity contribution in [2.24, 2.45) is 0 Å². The first kappa shape index (κ1) is 27.8. The van der Waals surface area contributed by atoms with E-state index in [-0.39, 0.29) is 11.4 Å². The molecular weight excluding hydrogens is 496 g/mol. The number of nitro groups is 1. The summed E-state index contributed by atoms with van der Waals surface area (Å²) in [4.78, 5) is 11.3. The number of anilines is 2. The standard InChI is InChI=1S/C32H26N4O2.C2H6/c33-27-18-16-23(17-19-27)31(34)29-22-28(36(37)38)20-21-30(29)35-32(24-10-4-1-5-11-24,25-12-6-2-7-13-25)26-14-8-3-9-15-26;1-2/h1-22,34-35H,33H2;1-2H3. The molecule has 0 saturated carbocycles. The molecular formula is C34H32N4O2. The van der Waals surface area contributed by atoms with Crippen LogP contribution in [0, 0.1) is 15.5 Å². The molecule has 0 spiro atoms. The first-order valence-corrected chi connectivity index (χ1v) is 13.2. The van der Waals surface area contributed by atoms with Gasteiger partial charge in [0.05, 0.1) is 10.6 Å². The number of nitrogen functional groups attached to an aromatic ring is 1. The van der Waals surface area contributed by atoms with Crippen molar-refractivity contribution in [2.45, 2.75) is 19.4 Å². The molecule has 5 rings (SSSR count). The Morgan fingerprint density at radius 2 is 1.18 bits per heavy atom. The SMILES string of the molecule is CC.N=C(c1ccc(N)cc1)c1cc([N+](=O)[O-])ccc1NC(c1ccccc1)(c1ccccc1)c1ccccc1. The van der Waals surface area contributed by atoms with E-state index < -0.39 is 10.5 Å². The highest BCUT2D eigenvalue weighted by Crippen LogP contribution is 2.41. The fraction of sp³-hybridized carbons (Fsp3) is 0.0882. The van der Waals surface area contributed by atoms with Crippen molar-refractivity contribution in [3.63, 3.8) is 0 Å². The van der Waals surface area contributed by atoms with Crippen molar-refractivity contribution >= 4 is 22.8 Å². The van der Waals surface area contributed by atoms with Gasteiger partial charge in [-0.05, 0) is 34.9 Å². The van der Waals surface area contributed by atoms with E-state index in [0.717, 1.165) is 16.7 Å². The Bertz CT molecular complexity index is 1470. The lowest BCUT2D eigenvalue weighted by molar-refractivity contribution is -0.384. The van der Waals surface area contributed by atoms with Gasteiger partial charge in [0.25, 0.3) is 5.69 Å².